The average molecular weight is 359 g/mol. The summed E-state index contributed by atoms with van der Waals surface area (Å²) in [4.78, 5) is 12.2. The highest BCUT2D eigenvalue weighted by molar-refractivity contribution is 6.42. The Morgan fingerprint density at radius 3 is 2.61 bits per heavy atom. The van der Waals surface area contributed by atoms with Crippen LogP contribution in [0.15, 0.2) is 18.2 Å². The van der Waals surface area contributed by atoms with Crippen molar-refractivity contribution in [3.8, 4) is 5.75 Å². The van der Waals surface area contributed by atoms with Gasteiger partial charge in [0.1, 0.15) is 5.75 Å². The van der Waals surface area contributed by atoms with Gasteiger partial charge in [-0.25, -0.2) is 0 Å². The number of nitrogens with two attached hydrogens (primary N) is 1. The minimum Gasteiger partial charge on any atom is -0.484 e. The van der Waals surface area contributed by atoms with Gasteiger partial charge in [-0.05, 0) is 44.2 Å². The highest BCUT2D eigenvalue weighted by atomic mass is 35.5. The number of aliphatic hydroxyl groups excluding tert-OH is 1. The van der Waals surface area contributed by atoms with Gasteiger partial charge in [0.05, 0.1) is 21.7 Å². The molecule has 7 heteroatoms. The maximum Gasteiger partial charge on any atom is 0.258 e. The first-order valence-corrected chi connectivity index (χ1v) is 8.43. The summed E-state index contributed by atoms with van der Waals surface area (Å²) in [5.41, 5.74) is 5.37. The third-order valence-corrected chi connectivity index (χ3v) is 5.76. The molecule has 0 radical (unpaired) electrons. The molecule has 2 bridgehead atoms. The Hall–Kier alpha value is -1.01. The van der Waals surface area contributed by atoms with Crippen LogP contribution >= 0.6 is 23.2 Å². The molecule has 4 rings (SSSR count). The van der Waals surface area contributed by atoms with Crippen LogP contribution in [0.4, 0.5) is 0 Å². The van der Waals surface area contributed by atoms with E-state index in [4.69, 9.17) is 33.7 Å². The fraction of sp³-hybridized carbons (Fsp3) is 0.562. The molecule has 23 heavy (non-hydrogen) atoms. The average Bonchev–Trinajstić information content (AvgIpc) is 2.50. The molecule has 3 saturated carbocycles. The lowest BCUT2D eigenvalue weighted by atomic mass is 9.60. The molecular weight excluding hydrogens is 339 g/mol. The predicted octanol–water partition coefficient (Wildman–Crippen LogP) is 2.26. The number of ether oxygens (including phenoxy) is 1. The van der Waals surface area contributed by atoms with Crippen molar-refractivity contribution in [2.24, 2.45) is 5.73 Å². The van der Waals surface area contributed by atoms with Crippen molar-refractivity contribution in [1.82, 2.24) is 5.32 Å². The van der Waals surface area contributed by atoms with E-state index in [0.29, 0.717) is 35.1 Å². The fourth-order valence-corrected chi connectivity index (χ4v) is 3.84. The van der Waals surface area contributed by atoms with Crippen molar-refractivity contribution < 1.29 is 14.6 Å². The maximum atomic E-state index is 12.2. The molecule has 5 nitrogen and oxygen atoms in total. The van der Waals surface area contributed by atoms with Crippen LogP contribution in [-0.4, -0.2) is 34.8 Å². The molecule has 0 saturated heterocycles. The number of carbonyl (C=O) groups is 1. The van der Waals surface area contributed by atoms with E-state index in [1.165, 1.54) is 0 Å². The number of halogens is 2. The van der Waals surface area contributed by atoms with E-state index in [1.54, 1.807) is 18.2 Å². The minimum absolute atomic E-state index is 0.139. The number of hydrogen-bond acceptors (Lipinski definition) is 4. The molecule has 0 unspecified atom stereocenters. The summed E-state index contributed by atoms with van der Waals surface area (Å²) in [6.07, 6.45) is 2.95. The Bertz CT molecular complexity index is 615. The molecule has 126 valence electrons. The second kappa shape index (κ2) is 6.13. The predicted molar refractivity (Wildman–Crippen MR) is 88.8 cm³/mol. The maximum absolute atomic E-state index is 12.2. The molecular formula is C16H20Cl2N2O3. The standard InChI is InChI=1S/C16H20Cl2N2O3/c17-11-2-1-10(7-12(11)18)23-9-14(22)20-16-5-3-15(19,4-6-16)8-13(16)21/h1-2,7,13,21H,3-6,8-9,19H2,(H,20,22)/t13-,15?,16?/m0/s1. The van der Waals surface area contributed by atoms with Crippen LogP contribution in [-0.2, 0) is 4.79 Å². The van der Waals surface area contributed by atoms with Crippen LogP contribution in [0.1, 0.15) is 32.1 Å². The third kappa shape index (κ3) is 3.43. The van der Waals surface area contributed by atoms with Gasteiger partial charge in [0.2, 0.25) is 0 Å². The quantitative estimate of drug-likeness (QED) is 0.770. The number of carbonyl (C=O) groups excluding carboxylic acids is 1. The molecule has 3 fully saturated rings. The lowest BCUT2D eigenvalue weighted by molar-refractivity contribution is -0.131. The van der Waals surface area contributed by atoms with Crippen molar-refractivity contribution >= 4 is 29.1 Å². The molecule has 0 aliphatic heterocycles. The Balaban J connectivity index is 1.58. The lowest BCUT2D eigenvalue weighted by Crippen LogP contribution is -2.69. The van der Waals surface area contributed by atoms with Crippen molar-refractivity contribution in [2.45, 2.75) is 49.3 Å². The van der Waals surface area contributed by atoms with Gasteiger partial charge in [0.15, 0.2) is 6.61 Å². The van der Waals surface area contributed by atoms with Crippen molar-refractivity contribution in [3.05, 3.63) is 28.2 Å². The van der Waals surface area contributed by atoms with Crippen molar-refractivity contribution in [1.29, 1.82) is 0 Å². The number of nitrogens with one attached hydrogen (secondary N) is 1. The minimum atomic E-state index is -0.607. The lowest BCUT2D eigenvalue weighted by Gasteiger charge is -2.54. The van der Waals surface area contributed by atoms with E-state index < -0.39 is 11.6 Å². The largest absolute Gasteiger partial charge is 0.484 e. The monoisotopic (exact) mass is 358 g/mol. The molecule has 4 N–H and O–H groups in total. The first-order valence-electron chi connectivity index (χ1n) is 7.68. The topological polar surface area (TPSA) is 84.6 Å². The molecule has 3 aliphatic carbocycles. The van der Waals surface area contributed by atoms with Gasteiger partial charge >= 0.3 is 0 Å². The number of benzene rings is 1. The first kappa shape index (κ1) is 16.8. The van der Waals surface area contributed by atoms with Crippen molar-refractivity contribution in [2.75, 3.05) is 6.61 Å². The van der Waals surface area contributed by atoms with Gasteiger partial charge in [-0.2, -0.15) is 0 Å². The summed E-state index contributed by atoms with van der Waals surface area (Å²) in [5, 5.41) is 14.1. The van der Waals surface area contributed by atoms with E-state index in [-0.39, 0.29) is 18.1 Å². The number of hydrogen-bond donors (Lipinski definition) is 3. The van der Waals surface area contributed by atoms with E-state index in [9.17, 15) is 9.90 Å². The second-order valence-corrected chi connectivity index (χ2v) is 7.47. The Morgan fingerprint density at radius 2 is 2.00 bits per heavy atom. The molecule has 1 aromatic carbocycles. The van der Waals surface area contributed by atoms with Crippen LogP contribution in [0.25, 0.3) is 0 Å². The van der Waals surface area contributed by atoms with Gasteiger partial charge in [-0.3, -0.25) is 4.79 Å². The van der Waals surface area contributed by atoms with E-state index >= 15 is 0 Å². The Morgan fingerprint density at radius 1 is 1.30 bits per heavy atom. The van der Waals surface area contributed by atoms with Crippen LogP contribution in [0.2, 0.25) is 10.0 Å². The third-order valence-electron chi connectivity index (χ3n) is 5.03. The normalized spacial score (nSPS) is 32.6. The molecule has 3 aliphatic rings. The van der Waals surface area contributed by atoms with Crippen LogP contribution < -0.4 is 15.8 Å². The fourth-order valence-electron chi connectivity index (χ4n) is 3.55. The molecule has 0 spiro atoms. The smallest absolute Gasteiger partial charge is 0.258 e. The van der Waals surface area contributed by atoms with E-state index in [1.807, 2.05) is 0 Å². The van der Waals surface area contributed by atoms with Gasteiger partial charge < -0.3 is 20.9 Å². The van der Waals surface area contributed by atoms with E-state index in [0.717, 1.165) is 12.8 Å². The van der Waals surface area contributed by atoms with Gasteiger partial charge in [-0.15, -0.1) is 0 Å². The van der Waals surface area contributed by atoms with Gasteiger partial charge in [-0.1, -0.05) is 23.2 Å². The summed E-state index contributed by atoms with van der Waals surface area (Å²) < 4.78 is 5.44. The summed E-state index contributed by atoms with van der Waals surface area (Å²) >= 11 is 11.7. The van der Waals surface area contributed by atoms with Gasteiger partial charge in [0, 0.05) is 11.6 Å². The second-order valence-electron chi connectivity index (χ2n) is 6.65. The SMILES string of the molecule is NC12CCC(NC(=O)COc3ccc(Cl)c(Cl)c3)(CC1)[C@@H](O)C2. The van der Waals surface area contributed by atoms with Crippen LogP contribution in [0, 0.1) is 0 Å². The number of fused-ring (bicyclic) bond motifs is 3. The number of amides is 1. The molecule has 0 heterocycles. The molecule has 0 aromatic heterocycles. The van der Waals surface area contributed by atoms with E-state index in [2.05, 4.69) is 5.32 Å². The molecule has 1 amide bonds. The Labute approximate surface area is 145 Å². The number of rotatable bonds is 4. The summed E-state index contributed by atoms with van der Waals surface area (Å²) in [7, 11) is 0. The Kier molecular flexibility index (Phi) is 4.49. The molecule has 1 aromatic rings. The highest BCUT2D eigenvalue weighted by Gasteiger charge is 2.53. The van der Waals surface area contributed by atoms with Crippen molar-refractivity contribution in [3.63, 3.8) is 0 Å². The zero-order chi connectivity index (χ0) is 16.7. The number of aliphatic hydroxyl groups is 1. The highest BCUT2D eigenvalue weighted by Crippen LogP contribution is 2.45. The van der Waals surface area contributed by atoms with Gasteiger partial charge in [0.25, 0.3) is 5.91 Å². The summed E-state index contributed by atoms with van der Waals surface area (Å²) in [6, 6.07) is 4.83. The summed E-state index contributed by atoms with van der Waals surface area (Å²) in [6.45, 7) is -0.139. The zero-order valence-electron chi connectivity index (χ0n) is 12.6. The van der Waals surface area contributed by atoms with Crippen LogP contribution in [0.3, 0.4) is 0 Å². The first-order chi connectivity index (χ1) is 10.8. The van der Waals surface area contributed by atoms with Crippen LogP contribution in [0.5, 0.6) is 5.75 Å². The molecule has 1 atom stereocenters. The zero-order valence-corrected chi connectivity index (χ0v) is 14.2. The summed E-state index contributed by atoms with van der Waals surface area (Å²) in [5.74, 6) is 0.211.